The van der Waals surface area contributed by atoms with Crippen LogP contribution in [0, 0.1) is 6.92 Å². The second kappa shape index (κ2) is 5.92. The van der Waals surface area contributed by atoms with Gasteiger partial charge in [0.1, 0.15) is 0 Å². The first-order valence-electron chi connectivity index (χ1n) is 8.72. The molecule has 2 aliphatic rings. The van der Waals surface area contributed by atoms with Gasteiger partial charge in [0.25, 0.3) is 5.91 Å². The molecular weight excluding hydrogens is 304 g/mol. The lowest BCUT2D eigenvalue weighted by Crippen LogP contribution is -2.39. The SMILES string of the molecule is Cc1ccc(C(=O)N2CCCC[C@@H]2c2n[nH]c(=O)[nH]2)c2c1CCC2. The molecule has 1 amide bonds. The van der Waals surface area contributed by atoms with E-state index in [1.807, 2.05) is 11.0 Å². The molecule has 1 aliphatic carbocycles. The molecule has 2 N–H and O–H groups in total. The molecule has 6 nitrogen and oxygen atoms in total. The van der Waals surface area contributed by atoms with Crippen LogP contribution in [0.5, 0.6) is 0 Å². The highest BCUT2D eigenvalue weighted by Crippen LogP contribution is 2.33. The molecule has 4 rings (SSSR count). The molecule has 2 aromatic rings. The molecule has 1 fully saturated rings. The summed E-state index contributed by atoms with van der Waals surface area (Å²) in [5, 5.41) is 6.48. The van der Waals surface area contributed by atoms with Gasteiger partial charge in [0, 0.05) is 12.1 Å². The molecule has 1 atom stereocenters. The van der Waals surface area contributed by atoms with Gasteiger partial charge in [-0.05, 0) is 68.2 Å². The number of benzene rings is 1. The predicted molar refractivity (Wildman–Crippen MR) is 90.0 cm³/mol. The van der Waals surface area contributed by atoms with Crippen LogP contribution in [-0.2, 0) is 12.8 Å². The Morgan fingerprint density at radius 2 is 2.04 bits per heavy atom. The van der Waals surface area contributed by atoms with Gasteiger partial charge in [-0.2, -0.15) is 5.10 Å². The number of carbonyl (C=O) groups is 1. The van der Waals surface area contributed by atoms with Crippen LogP contribution in [0.3, 0.4) is 0 Å². The number of piperidine rings is 1. The molecule has 1 aromatic heterocycles. The fraction of sp³-hybridized carbons (Fsp3) is 0.500. The third kappa shape index (κ3) is 2.46. The molecule has 1 aromatic carbocycles. The third-order valence-corrected chi connectivity index (χ3v) is 5.35. The molecule has 0 unspecified atom stereocenters. The van der Waals surface area contributed by atoms with Gasteiger partial charge in [0.15, 0.2) is 5.82 Å². The van der Waals surface area contributed by atoms with Gasteiger partial charge in [-0.3, -0.25) is 9.78 Å². The third-order valence-electron chi connectivity index (χ3n) is 5.35. The molecule has 24 heavy (non-hydrogen) atoms. The van der Waals surface area contributed by atoms with Crippen LogP contribution in [0.1, 0.15) is 64.6 Å². The van der Waals surface area contributed by atoms with E-state index < -0.39 is 0 Å². The van der Waals surface area contributed by atoms with Crippen LogP contribution in [-0.4, -0.2) is 32.5 Å². The molecule has 6 heteroatoms. The van der Waals surface area contributed by atoms with Crippen LogP contribution < -0.4 is 5.69 Å². The van der Waals surface area contributed by atoms with Crippen molar-refractivity contribution in [2.24, 2.45) is 0 Å². The van der Waals surface area contributed by atoms with Crippen molar-refractivity contribution < 1.29 is 4.79 Å². The Hall–Kier alpha value is -2.37. The van der Waals surface area contributed by atoms with Crippen molar-refractivity contribution in [3.63, 3.8) is 0 Å². The van der Waals surface area contributed by atoms with Crippen LogP contribution in [0.25, 0.3) is 0 Å². The zero-order valence-corrected chi connectivity index (χ0v) is 13.9. The van der Waals surface area contributed by atoms with E-state index >= 15 is 0 Å². The minimum absolute atomic E-state index is 0.0710. The highest BCUT2D eigenvalue weighted by Gasteiger charge is 2.32. The smallest absolute Gasteiger partial charge is 0.328 e. The lowest BCUT2D eigenvalue weighted by atomic mass is 9.95. The van der Waals surface area contributed by atoms with Crippen LogP contribution >= 0.6 is 0 Å². The van der Waals surface area contributed by atoms with Crippen molar-refractivity contribution in [1.29, 1.82) is 0 Å². The summed E-state index contributed by atoms with van der Waals surface area (Å²) < 4.78 is 0. The van der Waals surface area contributed by atoms with E-state index in [4.69, 9.17) is 0 Å². The molecule has 126 valence electrons. The number of aryl methyl sites for hydroxylation is 1. The van der Waals surface area contributed by atoms with E-state index in [-0.39, 0.29) is 17.6 Å². The number of fused-ring (bicyclic) bond motifs is 1. The predicted octanol–water partition coefficient (Wildman–Crippen LogP) is 2.26. The van der Waals surface area contributed by atoms with Gasteiger partial charge in [0.2, 0.25) is 0 Å². The van der Waals surface area contributed by atoms with Crippen LogP contribution in [0.2, 0.25) is 0 Å². The van der Waals surface area contributed by atoms with Crippen molar-refractivity contribution in [1.82, 2.24) is 20.1 Å². The summed E-state index contributed by atoms with van der Waals surface area (Å²) in [4.78, 5) is 29.3. The average Bonchev–Trinajstić information content (AvgIpc) is 3.24. The van der Waals surface area contributed by atoms with Crippen molar-refractivity contribution in [2.45, 2.75) is 51.5 Å². The molecule has 2 heterocycles. The number of rotatable bonds is 2. The first-order chi connectivity index (χ1) is 11.6. The van der Waals surface area contributed by atoms with Crippen LogP contribution in [0.4, 0.5) is 0 Å². The summed E-state index contributed by atoms with van der Waals surface area (Å²) in [5.41, 5.74) is 4.37. The summed E-state index contributed by atoms with van der Waals surface area (Å²) in [6.07, 6.45) is 6.03. The van der Waals surface area contributed by atoms with E-state index in [1.54, 1.807) is 0 Å². The van der Waals surface area contributed by atoms with E-state index in [0.29, 0.717) is 12.4 Å². The first-order valence-corrected chi connectivity index (χ1v) is 8.72. The van der Waals surface area contributed by atoms with Gasteiger partial charge in [0.05, 0.1) is 6.04 Å². The van der Waals surface area contributed by atoms with Gasteiger partial charge in [-0.1, -0.05) is 6.07 Å². The minimum atomic E-state index is -0.320. The van der Waals surface area contributed by atoms with Gasteiger partial charge >= 0.3 is 5.69 Å². The van der Waals surface area contributed by atoms with Gasteiger partial charge in [-0.15, -0.1) is 0 Å². The number of aromatic amines is 2. The van der Waals surface area contributed by atoms with Gasteiger partial charge in [-0.25, -0.2) is 9.89 Å². The molecular formula is C18H22N4O2. The number of aromatic nitrogens is 3. The maximum absolute atomic E-state index is 13.3. The Bertz CT molecular complexity index is 836. The quantitative estimate of drug-likeness (QED) is 0.888. The average molecular weight is 326 g/mol. The number of nitrogens with one attached hydrogen (secondary N) is 2. The minimum Gasteiger partial charge on any atom is -0.328 e. The topological polar surface area (TPSA) is 81.8 Å². The molecule has 0 radical (unpaired) electrons. The zero-order valence-electron chi connectivity index (χ0n) is 13.9. The monoisotopic (exact) mass is 326 g/mol. The lowest BCUT2D eigenvalue weighted by molar-refractivity contribution is 0.0599. The summed E-state index contributed by atoms with van der Waals surface area (Å²) >= 11 is 0. The second-order valence-electron chi connectivity index (χ2n) is 6.81. The Kier molecular flexibility index (Phi) is 3.75. The van der Waals surface area contributed by atoms with Crippen molar-refractivity contribution >= 4 is 5.91 Å². The zero-order chi connectivity index (χ0) is 16.7. The summed E-state index contributed by atoms with van der Waals surface area (Å²) in [6, 6.07) is 3.89. The summed E-state index contributed by atoms with van der Waals surface area (Å²) in [6.45, 7) is 2.83. The van der Waals surface area contributed by atoms with Crippen molar-refractivity contribution in [3.8, 4) is 0 Å². The Balaban J connectivity index is 1.70. The largest absolute Gasteiger partial charge is 0.340 e. The number of amides is 1. The summed E-state index contributed by atoms with van der Waals surface area (Å²) in [7, 11) is 0. The maximum Gasteiger partial charge on any atom is 0.340 e. The molecule has 0 bridgehead atoms. The maximum atomic E-state index is 13.3. The van der Waals surface area contributed by atoms with Crippen molar-refractivity contribution in [2.75, 3.05) is 6.54 Å². The van der Waals surface area contributed by atoms with E-state index in [9.17, 15) is 9.59 Å². The second-order valence-corrected chi connectivity index (χ2v) is 6.81. The molecule has 0 saturated carbocycles. The standard InChI is InChI=1S/C18H22N4O2/c1-11-8-9-14(13-6-4-5-12(11)13)17(23)22-10-3-2-7-15(22)16-19-18(24)21-20-16/h8-9,15H,2-7,10H2,1H3,(H2,19,20,21,24)/t15-/m1/s1. The molecule has 1 saturated heterocycles. The highest BCUT2D eigenvalue weighted by molar-refractivity contribution is 5.96. The Morgan fingerprint density at radius 3 is 2.83 bits per heavy atom. The highest BCUT2D eigenvalue weighted by atomic mass is 16.2. The van der Waals surface area contributed by atoms with E-state index in [1.165, 1.54) is 16.7 Å². The number of hydrogen-bond acceptors (Lipinski definition) is 3. The number of carbonyl (C=O) groups excluding carboxylic acids is 1. The number of H-pyrrole nitrogens is 2. The fourth-order valence-electron chi connectivity index (χ4n) is 4.14. The van der Waals surface area contributed by atoms with Crippen molar-refractivity contribution in [3.05, 3.63) is 50.7 Å². The molecule has 0 spiro atoms. The number of likely N-dealkylation sites (tertiary alicyclic amines) is 1. The number of hydrogen-bond donors (Lipinski definition) is 2. The molecule has 1 aliphatic heterocycles. The normalized spacial score (nSPS) is 20.2. The summed E-state index contributed by atoms with van der Waals surface area (Å²) in [5.74, 6) is 0.638. The number of nitrogens with zero attached hydrogens (tertiary/aromatic N) is 2. The van der Waals surface area contributed by atoms with E-state index in [2.05, 4.69) is 28.2 Å². The fourth-order valence-corrected chi connectivity index (χ4v) is 4.14. The Morgan fingerprint density at radius 1 is 1.21 bits per heavy atom. The first kappa shape index (κ1) is 15.2. The van der Waals surface area contributed by atoms with E-state index in [0.717, 1.165) is 44.1 Å². The lowest BCUT2D eigenvalue weighted by Gasteiger charge is -2.34. The van der Waals surface area contributed by atoms with Gasteiger partial charge < -0.3 is 4.90 Å². The Labute approximate surface area is 140 Å². The van der Waals surface area contributed by atoms with Crippen LogP contribution in [0.15, 0.2) is 16.9 Å².